The van der Waals surface area contributed by atoms with E-state index in [1.54, 1.807) is 5.57 Å². The maximum Gasteiger partial charge on any atom is 0.0387 e. The Morgan fingerprint density at radius 2 is 1.57 bits per heavy atom. The Kier molecular flexibility index (Phi) is 9.43. The molecule has 0 aliphatic heterocycles. The molecule has 30 heavy (non-hydrogen) atoms. The minimum absolute atomic E-state index is 0.957. The molecular formula is C29H41N. The second-order valence-electron chi connectivity index (χ2n) is 8.45. The van der Waals surface area contributed by atoms with Crippen molar-refractivity contribution in [1.82, 2.24) is 0 Å². The number of anilines is 1. The topological polar surface area (TPSA) is 12.0 Å². The molecule has 2 aromatic carbocycles. The number of aryl methyl sites for hydroxylation is 3. The Hall–Kier alpha value is -2.28. The number of benzene rings is 2. The van der Waals surface area contributed by atoms with Gasteiger partial charge in [0.25, 0.3) is 0 Å². The summed E-state index contributed by atoms with van der Waals surface area (Å²) in [6.45, 7) is 17.8. The molecule has 1 heteroatoms. The predicted molar refractivity (Wildman–Crippen MR) is 136 cm³/mol. The first-order valence-electron chi connectivity index (χ1n) is 11.8. The lowest BCUT2D eigenvalue weighted by molar-refractivity contribution is 0.805. The third kappa shape index (κ3) is 6.11. The molecule has 0 aromatic heterocycles. The molecule has 0 unspecified atom stereocenters. The summed E-state index contributed by atoms with van der Waals surface area (Å²) in [5, 5.41) is 3.54. The van der Waals surface area contributed by atoms with E-state index in [9.17, 15) is 0 Å². The lowest BCUT2D eigenvalue weighted by Gasteiger charge is -2.17. The van der Waals surface area contributed by atoms with E-state index in [2.05, 4.69) is 89.8 Å². The van der Waals surface area contributed by atoms with Gasteiger partial charge in [0.2, 0.25) is 0 Å². The van der Waals surface area contributed by atoms with Gasteiger partial charge in [-0.15, -0.1) is 0 Å². The highest BCUT2D eigenvalue weighted by Crippen LogP contribution is 2.29. The standard InChI is InChI=1S/C29H41N/c1-8-12-25(13-9-2)22(6)29-18-16-27(19-21(29)5)23(7)30-28-17-15-26(14-10-3)24(11-4)20-28/h15-20,30H,7-14H2,1-6H3. The van der Waals surface area contributed by atoms with Gasteiger partial charge < -0.3 is 5.32 Å². The molecule has 0 fully saturated rings. The van der Waals surface area contributed by atoms with Gasteiger partial charge in [-0.05, 0) is 91.1 Å². The maximum atomic E-state index is 4.32. The molecule has 0 spiro atoms. The summed E-state index contributed by atoms with van der Waals surface area (Å²) in [6, 6.07) is 13.5. The van der Waals surface area contributed by atoms with Crippen LogP contribution >= 0.6 is 0 Å². The van der Waals surface area contributed by atoms with Crippen LogP contribution in [0.2, 0.25) is 0 Å². The summed E-state index contributed by atoms with van der Waals surface area (Å²) in [4.78, 5) is 0. The van der Waals surface area contributed by atoms with Gasteiger partial charge in [-0.3, -0.25) is 0 Å². The van der Waals surface area contributed by atoms with E-state index in [1.165, 1.54) is 59.9 Å². The minimum Gasteiger partial charge on any atom is -0.356 e. The molecule has 162 valence electrons. The molecule has 0 amide bonds. The van der Waals surface area contributed by atoms with Crippen LogP contribution in [0.3, 0.4) is 0 Å². The van der Waals surface area contributed by atoms with Crippen molar-refractivity contribution in [2.75, 3.05) is 5.32 Å². The Morgan fingerprint density at radius 3 is 2.13 bits per heavy atom. The zero-order chi connectivity index (χ0) is 22.1. The number of nitrogens with one attached hydrogen (secondary N) is 1. The highest BCUT2D eigenvalue weighted by atomic mass is 14.9. The van der Waals surface area contributed by atoms with Crippen LogP contribution in [-0.2, 0) is 12.8 Å². The van der Waals surface area contributed by atoms with Crippen LogP contribution in [0.4, 0.5) is 5.69 Å². The van der Waals surface area contributed by atoms with Crippen molar-refractivity contribution in [3.8, 4) is 0 Å². The Bertz CT molecular complexity index is 877. The Balaban J connectivity index is 2.24. The number of hydrogen-bond acceptors (Lipinski definition) is 1. The fourth-order valence-corrected chi connectivity index (χ4v) is 4.36. The van der Waals surface area contributed by atoms with Crippen molar-refractivity contribution in [2.45, 2.75) is 86.5 Å². The average molecular weight is 404 g/mol. The second kappa shape index (κ2) is 11.8. The summed E-state index contributed by atoms with van der Waals surface area (Å²) >= 11 is 0. The molecule has 0 atom stereocenters. The van der Waals surface area contributed by atoms with E-state index < -0.39 is 0 Å². The molecule has 0 bridgehead atoms. The van der Waals surface area contributed by atoms with Gasteiger partial charge in [-0.2, -0.15) is 0 Å². The van der Waals surface area contributed by atoms with Crippen LogP contribution in [-0.4, -0.2) is 0 Å². The van der Waals surface area contributed by atoms with Crippen LogP contribution < -0.4 is 5.32 Å². The van der Waals surface area contributed by atoms with Crippen molar-refractivity contribution in [3.63, 3.8) is 0 Å². The lowest BCUT2D eigenvalue weighted by atomic mass is 9.91. The summed E-state index contributed by atoms with van der Waals surface area (Å²) < 4.78 is 0. The molecule has 1 N–H and O–H groups in total. The van der Waals surface area contributed by atoms with Crippen molar-refractivity contribution in [3.05, 3.63) is 76.4 Å². The fourth-order valence-electron chi connectivity index (χ4n) is 4.36. The molecule has 0 radical (unpaired) electrons. The summed E-state index contributed by atoms with van der Waals surface area (Å²) in [5.74, 6) is 0. The zero-order valence-corrected chi connectivity index (χ0v) is 20.1. The zero-order valence-electron chi connectivity index (χ0n) is 20.1. The normalized spacial score (nSPS) is 10.7. The minimum atomic E-state index is 0.957. The van der Waals surface area contributed by atoms with Crippen LogP contribution in [0, 0.1) is 6.92 Å². The van der Waals surface area contributed by atoms with Gasteiger partial charge in [0, 0.05) is 11.4 Å². The Labute approximate surface area is 185 Å². The molecular weight excluding hydrogens is 362 g/mol. The highest BCUT2D eigenvalue weighted by Gasteiger charge is 2.10. The van der Waals surface area contributed by atoms with Crippen LogP contribution in [0.25, 0.3) is 11.3 Å². The maximum absolute atomic E-state index is 4.32. The molecule has 0 aliphatic rings. The largest absolute Gasteiger partial charge is 0.356 e. The van der Waals surface area contributed by atoms with E-state index in [-0.39, 0.29) is 0 Å². The molecule has 0 saturated heterocycles. The van der Waals surface area contributed by atoms with E-state index in [1.807, 2.05) is 0 Å². The third-order valence-electron chi connectivity index (χ3n) is 6.01. The molecule has 0 heterocycles. The van der Waals surface area contributed by atoms with Crippen LogP contribution in [0.5, 0.6) is 0 Å². The van der Waals surface area contributed by atoms with Gasteiger partial charge in [-0.25, -0.2) is 0 Å². The number of allylic oxidation sites excluding steroid dienone is 2. The SMILES string of the molecule is C=C(Nc1ccc(CCC)c(CC)c1)c1ccc(C(C)=C(CCC)CCC)c(C)c1. The van der Waals surface area contributed by atoms with Crippen LogP contribution in [0.1, 0.15) is 94.5 Å². The van der Waals surface area contributed by atoms with Crippen molar-refractivity contribution in [1.29, 1.82) is 0 Å². The first kappa shape index (κ1) is 24.0. The molecule has 0 saturated carbocycles. The molecule has 2 rings (SSSR count). The predicted octanol–water partition coefficient (Wildman–Crippen LogP) is 8.97. The monoisotopic (exact) mass is 403 g/mol. The van der Waals surface area contributed by atoms with Crippen LogP contribution in [0.15, 0.2) is 48.6 Å². The molecule has 2 aromatic rings. The van der Waals surface area contributed by atoms with Gasteiger partial charge in [-0.1, -0.05) is 77.3 Å². The second-order valence-corrected chi connectivity index (χ2v) is 8.45. The average Bonchev–Trinajstić information content (AvgIpc) is 2.74. The third-order valence-corrected chi connectivity index (χ3v) is 6.01. The molecule has 0 aliphatic carbocycles. The van der Waals surface area contributed by atoms with Gasteiger partial charge >= 0.3 is 0 Å². The smallest absolute Gasteiger partial charge is 0.0387 e. The van der Waals surface area contributed by atoms with Gasteiger partial charge in [0.1, 0.15) is 0 Å². The number of hydrogen-bond donors (Lipinski definition) is 1. The van der Waals surface area contributed by atoms with E-state index in [4.69, 9.17) is 0 Å². The summed E-state index contributed by atoms with van der Waals surface area (Å²) in [7, 11) is 0. The summed E-state index contributed by atoms with van der Waals surface area (Å²) in [5.41, 5.74) is 11.9. The first-order chi connectivity index (χ1) is 14.4. The Morgan fingerprint density at radius 1 is 0.867 bits per heavy atom. The quantitative estimate of drug-likeness (QED) is 0.395. The van der Waals surface area contributed by atoms with Crippen molar-refractivity contribution >= 4 is 17.0 Å². The number of rotatable bonds is 11. The summed E-state index contributed by atoms with van der Waals surface area (Å²) in [6.07, 6.45) is 8.21. The van der Waals surface area contributed by atoms with Crippen molar-refractivity contribution < 1.29 is 0 Å². The highest BCUT2D eigenvalue weighted by molar-refractivity contribution is 5.78. The van der Waals surface area contributed by atoms with E-state index in [0.717, 1.165) is 29.8 Å². The van der Waals surface area contributed by atoms with E-state index >= 15 is 0 Å². The first-order valence-corrected chi connectivity index (χ1v) is 11.8. The molecule has 1 nitrogen and oxygen atoms in total. The fraction of sp³-hybridized carbons (Fsp3) is 0.448. The lowest BCUT2D eigenvalue weighted by Crippen LogP contribution is -2.01. The van der Waals surface area contributed by atoms with Crippen molar-refractivity contribution in [2.24, 2.45) is 0 Å². The van der Waals surface area contributed by atoms with Gasteiger partial charge in [0.05, 0.1) is 0 Å². The van der Waals surface area contributed by atoms with Gasteiger partial charge in [0.15, 0.2) is 0 Å². The van der Waals surface area contributed by atoms with E-state index in [0.29, 0.717) is 0 Å².